The van der Waals surface area contributed by atoms with Crippen LogP contribution < -0.4 is 20.2 Å². The fourth-order valence-corrected chi connectivity index (χ4v) is 4.31. The molecule has 1 amide bonds. The molecule has 0 saturated carbocycles. The van der Waals surface area contributed by atoms with Gasteiger partial charge in [-0.2, -0.15) is 15.1 Å². The minimum Gasteiger partial charge on any atom is -0.493 e. The van der Waals surface area contributed by atoms with Crippen LogP contribution in [0.2, 0.25) is 0 Å². The second-order valence-corrected chi connectivity index (χ2v) is 7.67. The van der Waals surface area contributed by atoms with Gasteiger partial charge < -0.3 is 9.47 Å². The van der Waals surface area contributed by atoms with Crippen LogP contribution in [-0.2, 0) is 4.79 Å². The van der Waals surface area contributed by atoms with Crippen LogP contribution in [0.15, 0.2) is 87.5 Å². The topological polar surface area (TPSA) is 75.8 Å². The Morgan fingerprint density at radius 2 is 1.39 bits per heavy atom. The molecule has 0 fully saturated rings. The van der Waals surface area contributed by atoms with Gasteiger partial charge in [0.15, 0.2) is 11.5 Å². The Morgan fingerprint density at radius 1 is 0.758 bits per heavy atom. The molecule has 2 heterocycles. The number of ether oxygens (including phenoxy) is 2. The van der Waals surface area contributed by atoms with Crippen molar-refractivity contribution < 1.29 is 14.3 Å². The van der Waals surface area contributed by atoms with Gasteiger partial charge >= 0.3 is 0 Å². The molecule has 33 heavy (non-hydrogen) atoms. The molecule has 0 unspecified atom stereocenters. The number of methoxy groups -OCH3 is 2. The Morgan fingerprint density at radius 3 is 2.06 bits per heavy atom. The molecule has 0 atom stereocenters. The Bertz CT molecular complexity index is 1670. The number of amides is 1. The fourth-order valence-electron chi connectivity index (χ4n) is 4.31. The number of fused-ring (bicyclic) bond motifs is 7. The number of aliphatic imine (C=N–C) groups is 1. The van der Waals surface area contributed by atoms with Crippen LogP contribution in [0.5, 0.6) is 11.5 Å². The number of nitrogens with zero attached hydrogens (tertiary/aromatic N) is 4. The molecule has 0 aromatic heterocycles. The van der Waals surface area contributed by atoms with Crippen LogP contribution in [0, 0.1) is 0 Å². The van der Waals surface area contributed by atoms with Crippen LogP contribution >= 0.6 is 0 Å². The maximum atomic E-state index is 12.8. The zero-order valence-electron chi connectivity index (χ0n) is 17.9. The lowest BCUT2D eigenvalue weighted by atomic mass is 10.0. The van der Waals surface area contributed by atoms with Gasteiger partial charge in [0.25, 0.3) is 11.9 Å². The van der Waals surface area contributed by atoms with E-state index in [4.69, 9.17) is 19.6 Å². The van der Waals surface area contributed by atoms with Crippen molar-refractivity contribution in [2.75, 3.05) is 14.2 Å². The van der Waals surface area contributed by atoms with Crippen molar-refractivity contribution in [3.8, 4) is 11.5 Å². The van der Waals surface area contributed by atoms with Crippen molar-refractivity contribution in [2.45, 2.75) is 0 Å². The maximum Gasteiger partial charge on any atom is 0.299 e. The van der Waals surface area contributed by atoms with Gasteiger partial charge in [0.2, 0.25) is 0 Å². The third-order valence-corrected chi connectivity index (χ3v) is 5.84. The highest BCUT2D eigenvalue weighted by Crippen LogP contribution is 2.30. The van der Waals surface area contributed by atoms with Crippen LogP contribution in [0.3, 0.4) is 0 Å². The Labute approximate surface area is 188 Å². The first-order valence-electron chi connectivity index (χ1n) is 10.4. The lowest BCUT2D eigenvalue weighted by molar-refractivity contribution is -0.114. The first-order chi connectivity index (χ1) is 16.2. The highest BCUT2D eigenvalue weighted by molar-refractivity contribution is 6.14. The van der Waals surface area contributed by atoms with E-state index in [1.807, 2.05) is 42.5 Å². The van der Waals surface area contributed by atoms with Gasteiger partial charge in [-0.25, -0.2) is 4.99 Å². The number of hydrogen-bond acceptors (Lipinski definition) is 6. The quantitative estimate of drug-likeness (QED) is 0.366. The van der Waals surface area contributed by atoms with E-state index in [0.717, 1.165) is 37.8 Å². The summed E-state index contributed by atoms with van der Waals surface area (Å²) in [6.45, 7) is 0. The fraction of sp³-hybridized carbons (Fsp3) is 0.0769. The van der Waals surface area contributed by atoms with Gasteiger partial charge in [0.05, 0.1) is 14.2 Å². The van der Waals surface area contributed by atoms with E-state index in [-0.39, 0.29) is 5.96 Å². The van der Waals surface area contributed by atoms with E-state index in [2.05, 4.69) is 17.1 Å². The van der Waals surface area contributed by atoms with Gasteiger partial charge in [-0.15, -0.1) is 0 Å². The predicted octanol–water partition coefficient (Wildman–Crippen LogP) is 3.42. The number of carbonyl (C=O) groups is 1. The number of hydrogen-bond donors (Lipinski definition) is 0. The summed E-state index contributed by atoms with van der Waals surface area (Å²) in [4.78, 5) is 21.8. The van der Waals surface area contributed by atoms with Crippen LogP contribution in [-0.4, -0.2) is 31.1 Å². The van der Waals surface area contributed by atoms with Crippen molar-refractivity contribution in [3.05, 3.63) is 88.7 Å². The molecule has 0 spiro atoms. The van der Waals surface area contributed by atoms with E-state index in [1.165, 1.54) is 5.01 Å². The number of benzene rings is 4. The molecule has 4 aromatic carbocycles. The summed E-state index contributed by atoms with van der Waals surface area (Å²) in [6.07, 6.45) is 1.73. The van der Waals surface area contributed by atoms with Crippen LogP contribution in [0.4, 0.5) is 0 Å². The van der Waals surface area contributed by atoms with E-state index >= 15 is 0 Å². The SMILES string of the molecule is COc1ccc(C=C2C(=O)N=C3N=c4c(c5ccccc5c5ccccc45)=NN23)cc1OC. The lowest BCUT2D eigenvalue weighted by Gasteiger charge is -2.17. The molecule has 4 aromatic rings. The molecule has 0 N–H and O–H groups in total. The normalized spacial score (nSPS) is 15.7. The molecule has 0 radical (unpaired) electrons. The first kappa shape index (κ1) is 19.2. The maximum absolute atomic E-state index is 12.8. The average molecular weight is 434 g/mol. The number of carbonyl (C=O) groups excluding carboxylic acids is 1. The molecule has 160 valence electrons. The molecule has 7 heteroatoms. The summed E-state index contributed by atoms with van der Waals surface area (Å²) >= 11 is 0. The van der Waals surface area contributed by atoms with Gasteiger partial charge in [0, 0.05) is 10.8 Å². The molecule has 2 aliphatic rings. The zero-order valence-corrected chi connectivity index (χ0v) is 17.9. The highest BCUT2D eigenvalue weighted by Gasteiger charge is 2.32. The van der Waals surface area contributed by atoms with Gasteiger partial charge in [-0.3, -0.25) is 4.79 Å². The predicted molar refractivity (Wildman–Crippen MR) is 126 cm³/mol. The summed E-state index contributed by atoms with van der Waals surface area (Å²) in [5, 5.41) is 11.9. The third kappa shape index (κ3) is 2.90. The van der Waals surface area contributed by atoms with Gasteiger partial charge in [-0.1, -0.05) is 54.6 Å². The van der Waals surface area contributed by atoms with Crippen molar-refractivity contribution in [3.63, 3.8) is 0 Å². The summed E-state index contributed by atoms with van der Waals surface area (Å²) in [7, 11) is 3.15. The smallest absolute Gasteiger partial charge is 0.299 e. The summed E-state index contributed by atoms with van der Waals surface area (Å²) in [5.41, 5.74) is 1.08. The van der Waals surface area contributed by atoms with E-state index in [1.54, 1.807) is 32.4 Å². The molecule has 0 aliphatic carbocycles. The Kier molecular flexibility index (Phi) is 4.23. The van der Waals surface area contributed by atoms with Crippen LogP contribution in [0.25, 0.3) is 27.6 Å². The lowest BCUT2D eigenvalue weighted by Crippen LogP contribution is -2.38. The molecule has 0 saturated heterocycles. The largest absolute Gasteiger partial charge is 0.493 e. The number of guanidine groups is 1. The summed E-state index contributed by atoms with van der Waals surface area (Å²) < 4.78 is 10.7. The van der Waals surface area contributed by atoms with Crippen molar-refractivity contribution in [1.82, 2.24) is 5.01 Å². The minimum absolute atomic E-state index is 0.264. The van der Waals surface area contributed by atoms with Crippen molar-refractivity contribution in [1.29, 1.82) is 0 Å². The molecule has 2 aliphatic heterocycles. The Hall–Kier alpha value is -4.52. The van der Waals surface area contributed by atoms with Crippen molar-refractivity contribution >= 4 is 39.5 Å². The van der Waals surface area contributed by atoms with Crippen LogP contribution in [0.1, 0.15) is 5.56 Å². The molecule has 0 bridgehead atoms. The van der Waals surface area contributed by atoms with Gasteiger partial charge in [0.1, 0.15) is 16.4 Å². The highest BCUT2D eigenvalue weighted by atomic mass is 16.5. The summed E-state index contributed by atoms with van der Waals surface area (Å²) in [5.74, 6) is 1.05. The van der Waals surface area contributed by atoms with Gasteiger partial charge in [-0.05, 0) is 34.5 Å². The van der Waals surface area contributed by atoms with E-state index in [0.29, 0.717) is 17.2 Å². The van der Waals surface area contributed by atoms with E-state index in [9.17, 15) is 4.79 Å². The van der Waals surface area contributed by atoms with Crippen molar-refractivity contribution in [2.24, 2.45) is 15.1 Å². The monoisotopic (exact) mass is 434 g/mol. The van der Waals surface area contributed by atoms with E-state index < -0.39 is 5.91 Å². The minimum atomic E-state index is -0.395. The second-order valence-electron chi connectivity index (χ2n) is 7.67. The number of rotatable bonds is 3. The zero-order chi connectivity index (χ0) is 22.5. The molecular weight excluding hydrogens is 416 g/mol. The second kappa shape index (κ2) is 7.27. The summed E-state index contributed by atoms with van der Waals surface area (Å²) in [6, 6.07) is 21.6. The molecule has 6 rings (SSSR count). The Balaban J connectivity index is 1.58. The third-order valence-electron chi connectivity index (χ3n) is 5.84. The standard InChI is InChI=1S/C26H18N4O3/c1-32-21-12-11-15(14-22(21)33-2)13-20-25(31)28-26-27-23-18-9-5-3-7-16(18)17-8-4-6-10-19(17)24(23)29-30(20)26/h3-14H,1-2H3. The molecule has 7 nitrogen and oxygen atoms in total. The average Bonchev–Trinajstić information content (AvgIpc) is 3.17. The first-order valence-corrected chi connectivity index (χ1v) is 10.4. The molecular formula is C26H18N4O3.